The molecular formula is C54H33NO2. The minimum atomic E-state index is 0.850. The SMILES string of the molecule is c1ccc(N(c2ccc(-c3ccc4c(ccc5ccccc54)c3)cc2)c2cccc3c2oc2ccccc23)c(-c2ccc3oc4c5ccccc5ccc4c3c2)c1. The highest BCUT2D eigenvalue weighted by atomic mass is 16.3. The number of benzene rings is 10. The summed E-state index contributed by atoms with van der Waals surface area (Å²) >= 11 is 0. The Hall–Kier alpha value is -7.62. The van der Waals surface area contributed by atoms with Gasteiger partial charge in [0.2, 0.25) is 0 Å². The molecule has 0 aliphatic carbocycles. The zero-order valence-electron chi connectivity index (χ0n) is 30.8. The molecule has 0 aliphatic rings. The van der Waals surface area contributed by atoms with Crippen molar-refractivity contribution in [3.8, 4) is 22.3 Å². The second-order valence-corrected chi connectivity index (χ2v) is 14.9. The molecule has 0 atom stereocenters. The second-order valence-electron chi connectivity index (χ2n) is 14.9. The van der Waals surface area contributed by atoms with Gasteiger partial charge in [0, 0.05) is 38.2 Å². The van der Waals surface area contributed by atoms with Gasteiger partial charge in [0.25, 0.3) is 0 Å². The van der Waals surface area contributed by atoms with E-state index >= 15 is 0 Å². The van der Waals surface area contributed by atoms with Gasteiger partial charge in [0.05, 0.1) is 11.4 Å². The summed E-state index contributed by atoms with van der Waals surface area (Å²) in [5, 5.41) is 11.7. The van der Waals surface area contributed by atoms with Crippen LogP contribution in [0.15, 0.2) is 209 Å². The number of furan rings is 2. The van der Waals surface area contributed by atoms with Crippen LogP contribution in [0.5, 0.6) is 0 Å². The van der Waals surface area contributed by atoms with Crippen LogP contribution in [0.25, 0.3) is 98.4 Å². The van der Waals surface area contributed by atoms with Crippen LogP contribution in [0.2, 0.25) is 0 Å². The highest BCUT2D eigenvalue weighted by molar-refractivity contribution is 6.16. The zero-order valence-corrected chi connectivity index (χ0v) is 30.8. The molecule has 57 heavy (non-hydrogen) atoms. The van der Waals surface area contributed by atoms with Gasteiger partial charge in [-0.25, -0.2) is 0 Å². The van der Waals surface area contributed by atoms with E-state index < -0.39 is 0 Å². The third-order valence-electron chi connectivity index (χ3n) is 11.6. The lowest BCUT2D eigenvalue weighted by atomic mass is 9.97. The van der Waals surface area contributed by atoms with Gasteiger partial charge in [0.15, 0.2) is 5.58 Å². The molecule has 0 N–H and O–H groups in total. The van der Waals surface area contributed by atoms with Crippen LogP contribution in [-0.4, -0.2) is 0 Å². The summed E-state index contributed by atoms with van der Waals surface area (Å²) < 4.78 is 13.2. The van der Waals surface area contributed by atoms with E-state index in [-0.39, 0.29) is 0 Å². The predicted molar refractivity (Wildman–Crippen MR) is 239 cm³/mol. The van der Waals surface area contributed by atoms with Crippen LogP contribution in [0.4, 0.5) is 17.1 Å². The fourth-order valence-corrected chi connectivity index (χ4v) is 8.90. The lowest BCUT2D eigenvalue weighted by molar-refractivity contribution is 0.669. The number of nitrogens with zero attached hydrogens (tertiary/aromatic N) is 1. The monoisotopic (exact) mass is 727 g/mol. The van der Waals surface area contributed by atoms with E-state index in [9.17, 15) is 0 Å². The van der Waals surface area contributed by atoms with E-state index in [1.807, 2.05) is 12.1 Å². The second kappa shape index (κ2) is 12.5. The number of hydrogen-bond acceptors (Lipinski definition) is 3. The summed E-state index contributed by atoms with van der Waals surface area (Å²) in [6, 6.07) is 71.6. The highest BCUT2D eigenvalue weighted by Gasteiger charge is 2.22. The van der Waals surface area contributed by atoms with Crippen LogP contribution in [0.1, 0.15) is 0 Å². The minimum absolute atomic E-state index is 0.850. The Kier molecular flexibility index (Phi) is 6.93. The lowest BCUT2D eigenvalue weighted by Gasteiger charge is -2.28. The van der Waals surface area contributed by atoms with Gasteiger partial charge < -0.3 is 13.7 Å². The molecule has 0 saturated heterocycles. The first-order valence-electron chi connectivity index (χ1n) is 19.4. The van der Waals surface area contributed by atoms with Crippen molar-refractivity contribution in [2.24, 2.45) is 0 Å². The van der Waals surface area contributed by atoms with Crippen LogP contribution in [0, 0.1) is 0 Å². The minimum Gasteiger partial charge on any atom is -0.455 e. The molecule has 3 heteroatoms. The molecule has 3 nitrogen and oxygen atoms in total. The molecular weight excluding hydrogens is 695 g/mol. The van der Waals surface area contributed by atoms with Gasteiger partial charge in [-0.3, -0.25) is 0 Å². The van der Waals surface area contributed by atoms with E-state index in [4.69, 9.17) is 8.83 Å². The number of anilines is 3. The Morgan fingerprint density at radius 1 is 0.298 bits per heavy atom. The fourth-order valence-electron chi connectivity index (χ4n) is 8.90. The molecule has 0 bridgehead atoms. The molecule has 2 aromatic heterocycles. The first kappa shape index (κ1) is 31.7. The van der Waals surface area contributed by atoms with Gasteiger partial charge in [-0.15, -0.1) is 0 Å². The van der Waals surface area contributed by atoms with Crippen molar-refractivity contribution in [1.82, 2.24) is 0 Å². The van der Waals surface area contributed by atoms with Crippen molar-refractivity contribution in [3.05, 3.63) is 200 Å². The zero-order chi connectivity index (χ0) is 37.5. The summed E-state index contributed by atoms with van der Waals surface area (Å²) in [7, 11) is 0. The fraction of sp³-hybridized carbons (Fsp3) is 0. The standard InChI is InChI=1S/C54H33NO2/c1-3-12-41-35(10-1)20-21-38-32-37(25-29-42(38)41)34-22-27-40(28-23-34)55(50-18-9-16-46-45-15-6-8-19-51(45)57-54(46)50)49-17-7-5-13-43(49)39-26-31-52-48(33-39)47-30-24-36-11-2-4-14-44(36)53(47)56-52/h1-33H. The van der Waals surface area contributed by atoms with Gasteiger partial charge in [-0.05, 0) is 98.2 Å². The van der Waals surface area contributed by atoms with Crippen molar-refractivity contribution in [3.63, 3.8) is 0 Å². The summed E-state index contributed by atoms with van der Waals surface area (Å²) in [6.07, 6.45) is 0. The Balaban J connectivity index is 1.03. The van der Waals surface area contributed by atoms with Gasteiger partial charge in [-0.1, -0.05) is 146 Å². The predicted octanol–water partition coefficient (Wildman–Crippen LogP) is 15.7. The molecule has 266 valence electrons. The third-order valence-corrected chi connectivity index (χ3v) is 11.6. The van der Waals surface area contributed by atoms with Gasteiger partial charge in [-0.2, -0.15) is 0 Å². The van der Waals surface area contributed by atoms with Crippen LogP contribution in [-0.2, 0) is 0 Å². The number of rotatable bonds is 5. The summed E-state index contributed by atoms with van der Waals surface area (Å²) in [4.78, 5) is 2.35. The lowest BCUT2D eigenvalue weighted by Crippen LogP contribution is -2.11. The number of fused-ring (bicyclic) bond motifs is 11. The molecule has 0 unspecified atom stereocenters. The molecule has 0 spiro atoms. The number of hydrogen-bond donors (Lipinski definition) is 0. The average molecular weight is 728 g/mol. The topological polar surface area (TPSA) is 29.5 Å². The maximum absolute atomic E-state index is 6.69. The van der Waals surface area contributed by atoms with Crippen LogP contribution < -0.4 is 4.90 Å². The summed E-state index contributed by atoms with van der Waals surface area (Å²) in [6.45, 7) is 0. The van der Waals surface area contributed by atoms with E-state index in [0.717, 1.165) is 83.0 Å². The molecule has 0 amide bonds. The maximum atomic E-state index is 6.69. The molecule has 12 rings (SSSR count). The number of para-hydroxylation sites is 3. The molecule has 2 heterocycles. The van der Waals surface area contributed by atoms with Crippen molar-refractivity contribution in [2.75, 3.05) is 4.90 Å². The quantitative estimate of drug-likeness (QED) is 0.165. The normalized spacial score (nSPS) is 11.9. The summed E-state index contributed by atoms with van der Waals surface area (Å²) in [5.41, 5.74) is 11.1. The van der Waals surface area contributed by atoms with Crippen molar-refractivity contribution >= 4 is 93.3 Å². The van der Waals surface area contributed by atoms with Crippen molar-refractivity contribution < 1.29 is 8.83 Å². The first-order valence-corrected chi connectivity index (χ1v) is 19.4. The molecule has 0 fully saturated rings. The smallest absolute Gasteiger partial charge is 0.159 e. The van der Waals surface area contributed by atoms with Crippen LogP contribution in [0.3, 0.4) is 0 Å². The Bertz CT molecular complexity index is 3530. The van der Waals surface area contributed by atoms with Crippen molar-refractivity contribution in [2.45, 2.75) is 0 Å². The van der Waals surface area contributed by atoms with E-state index in [2.05, 4.69) is 193 Å². The maximum Gasteiger partial charge on any atom is 0.159 e. The Labute approximate surface area is 328 Å². The molecule has 0 aliphatic heterocycles. The highest BCUT2D eigenvalue weighted by Crippen LogP contribution is 2.46. The third kappa shape index (κ3) is 4.99. The largest absolute Gasteiger partial charge is 0.455 e. The Morgan fingerprint density at radius 2 is 0.877 bits per heavy atom. The van der Waals surface area contributed by atoms with Crippen molar-refractivity contribution in [1.29, 1.82) is 0 Å². The molecule has 12 aromatic rings. The molecule has 0 radical (unpaired) electrons. The van der Waals surface area contributed by atoms with Gasteiger partial charge >= 0.3 is 0 Å². The molecule has 10 aromatic carbocycles. The summed E-state index contributed by atoms with van der Waals surface area (Å²) in [5.74, 6) is 0. The molecule has 0 saturated carbocycles. The first-order chi connectivity index (χ1) is 28.2. The van der Waals surface area contributed by atoms with E-state index in [0.29, 0.717) is 0 Å². The van der Waals surface area contributed by atoms with Crippen LogP contribution >= 0.6 is 0 Å². The van der Waals surface area contributed by atoms with E-state index in [1.165, 1.54) is 32.5 Å². The Morgan fingerprint density at radius 3 is 1.77 bits per heavy atom. The van der Waals surface area contributed by atoms with Gasteiger partial charge in [0.1, 0.15) is 16.7 Å². The average Bonchev–Trinajstić information content (AvgIpc) is 3.86. The van der Waals surface area contributed by atoms with E-state index in [1.54, 1.807) is 0 Å².